The van der Waals surface area contributed by atoms with Gasteiger partial charge in [-0.2, -0.15) is 0 Å². The van der Waals surface area contributed by atoms with Crippen LogP contribution >= 0.6 is 0 Å². The van der Waals surface area contributed by atoms with Crippen LogP contribution in [0, 0.1) is 0 Å². The highest BCUT2D eigenvalue weighted by Crippen LogP contribution is 2.23. The Morgan fingerprint density at radius 3 is 1.61 bits per heavy atom. The quantitative estimate of drug-likeness (QED) is 0.267. The summed E-state index contributed by atoms with van der Waals surface area (Å²) in [4.78, 5) is 0. The third-order valence-corrected chi connectivity index (χ3v) is 4.79. The van der Waals surface area contributed by atoms with E-state index in [0.29, 0.717) is 0 Å². The van der Waals surface area contributed by atoms with Crippen LogP contribution in [0.3, 0.4) is 0 Å². The van der Waals surface area contributed by atoms with Crippen LogP contribution in [0.5, 0.6) is 0 Å². The molecule has 0 aliphatic heterocycles. The van der Waals surface area contributed by atoms with Gasteiger partial charge in [-0.05, 0) is 64.4 Å². The first-order valence-corrected chi connectivity index (χ1v) is 11.3. The first-order chi connectivity index (χ1) is 14.1. The summed E-state index contributed by atoms with van der Waals surface area (Å²) in [6, 6.07) is 17.2. The summed E-state index contributed by atoms with van der Waals surface area (Å²) in [7, 11) is 0. The molecule has 172 valence electrons. The molecule has 0 unspecified atom stereocenters. The van der Waals surface area contributed by atoms with Gasteiger partial charge >= 0.3 is 0 Å². The fourth-order valence-electron chi connectivity index (χ4n) is 2.98. The van der Waals surface area contributed by atoms with Crippen molar-refractivity contribution < 1.29 is 0 Å². The second-order valence-electron chi connectivity index (χ2n) is 9.01. The highest BCUT2D eigenvalue weighted by molar-refractivity contribution is 5.51. The minimum Gasteiger partial charge on any atom is -0.324 e. The molecule has 2 nitrogen and oxygen atoms in total. The number of fused-ring (bicyclic) bond motifs is 2. The first kappa shape index (κ1) is 28.5. The fraction of sp³-hybridized carbons (Fsp3) is 0.448. The molecule has 0 spiro atoms. The van der Waals surface area contributed by atoms with E-state index in [1.54, 1.807) is 0 Å². The molecule has 0 bridgehead atoms. The normalized spacial score (nSPS) is 10.6. The minimum absolute atomic E-state index is 0. The summed E-state index contributed by atoms with van der Waals surface area (Å²) in [5.74, 6) is 0. The number of rotatable bonds is 0. The van der Waals surface area contributed by atoms with Crippen LogP contribution in [0.1, 0.15) is 87.8 Å². The monoisotopic (exact) mass is 422 g/mol. The Labute approximate surface area is 191 Å². The van der Waals surface area contributed by atoms with Crippen molar-refractivity contribution in [1.29, 1.82) is 0 Å². The predicted molar refractivity (Wildman–Crippen MR) is 142 cm³/mol. The zero-order valence-electron chi connectivity index (χ0n) is 20.8. The van der Waals surface area contributed by atoms with E-state index in [0.717, 1.165) is 0 Å². The Morgan fingerprint density at radius 1 is 0.548 bits per heavy atom. The molecule has 0 saturated carbocycles. The van der Waals surface area contributed by atoms with E-state index in [-0.39, 0.29) is 18.3 Å². The Morgan fingerprint density at radius 2 is 1.06 bits per heavy atom. The topological polar surface area (TPSA) is 8.82 Å². The van der Waals surface area contributed by atoms with E-state index in [2.05, 4.69) is 124 Å². The lowest BCUT2D eigenvalue weighted by molar-refractivity contribution is 0.586. The second kappa shape index (κ2) is 12.4. The molecule has 0 fully saturated rings. The van der Waals surface area contributed by atoms with Crippen molar-refractivity contribution in [3.05, 3.63) is 84.4 Å². The number of hydrogen-bond donors (Lipinski definition) is 0. The molecule has 0 radical (unpaired) electrons. The van der Waals surface area contributed by atoms with Crippen molar-refractivity contribution in [2.24, 2.45) is 0 Å². The van der Waals surface area contributed by atoms with Crippen LogP contribution < -0.4 is 0 Å². The summed E-state index contributed by atoms with van der Waals surface area (Å²) in [6.45, 7) is 21.4. The molecule has 0 aliphatic carbocycles. The van der Waals surface area contributed by atoms with Gasteiger partial charge in [0.1, 0.15) is 0 Å². The zero-order chi connectivity index (χ0) is 22.9. The van der Waals surface area contributed by atoms with E-state index in [1.165, 1.54) is 22.2 Å². The highest BCUT2D eigenvalue weighted by Gasteiger charge is 2.14. The van der Waals surface area contributed by atoms with Gasteiger partial charge in [0.05, 0.1) is 0 Å². The van der Waals surface area contributed by atoms with Crippen molar-refractivity contribution in [1.82, 2.24) is 8.80 Å². The average Bonchev–Trinajstić information content (AvgIpc) is 3.38. The molecule has 0 aliphatic rings. The lowest BCUT2D eigenvalue weighted by atomic mass is 9.88. The van der Waals surface area contributed by atoms with E-state index in [1.807, 2.05) is 27.7 Å². The van der Waals surface area contributed by atoms with E-state index >= 15 is 0 Å². The van der Waals surface area contributed by atoms with Gasteiger partial charge in [0, 0.05) is 35.8 Å². The Balaban J connectivity index is 0.000000487. The Hall–Kier alpha value is -2.48. The van der Waals surface area contributed by atoms with Crippen LogP contribution in [-0.2, 0) is 10.8 Å². The predicted octanol–water partition coefficient (Wildman–Crippen LogP) is 9.16. The Kier molecular flexibility index (Phi) is 11.4. The molecule has 0 N–H and O–H groups in total. The van der Waals surface area contributed by atoms with Gasteiger partial charge in [-0.3, -0.25) is 0 Å². The van der Waals surface area contributed by atoms with Gasteiger partial charge in [-0.15, -0.1) is 0 Å². The lowest BCUT2D eigenvalue weighted by Gasteiger charge is -2.18. The van der Waals surface area contributed by atoms with Crippen LogP contribution in [0.2, 0.25) is 0 Å². The van der Waals surface area contributed by atoms with Crippen LogP contribution in [0.25, 0.3) is 11.0 Å². The lowest BCUT2D eigenvalue weighted by Crippen LogP contribution is -2.11. The maximum absolute atomic E-state index is 2.25. The van der Waals surface area contributed by atoms with Crippen molar-refractivity contribution in [3.8, 4) is 0 Å². The third-order valence-electron chi connectivity index (χ3n) is 4.79. The summed E-state index contributed by atoms with van der Waals surface area (Å²) in [5, 5.41) is 0. The van der Waals surface area contributed by atoms with E-state index in [9.17, 15) is 0 Å². The van der Waals surface area contributed by atoms with Crippen molar-refractivity contribution >= 4 is 11.0 Å². The molecule has 31 heavy (non-hydrogen) atoms. The van der Waals surface area contributed by atoms with Crippen molar-refractivity contribution in [2.45, 2.75) is 87.5 Å². The van der Waals surface area contributed by atoms with Gasteiger partial charge < -0.3 is 8.80 Å². The average molecular weight is 423 g/mol. The second-order valence-corrected chi connectivity index (χ2v) is 9.01. The molecule has 2 heteroatoms. The number of aromatic nitrogens is 2. The third kappa shape index (κ3) is 7.94. The molecular weight excluding hydrogens is 376 g/mol. The summed E-state index contributed by atoms with van der Waals surface area (Å²) in [6.07, 6.45) is 8.48. The van der Waals surface area contributed by atoms with Crippen LogP contribution in [-0.4, -0.2) is 8.80 Å². The summed E-state index contributed by atoms with van der Waals surface area (Å²) >= 11 is 0. The summed E-state index contributed by atoms with van der Waals surface area (Å²) in [5.41, 5.74) is 5.76. The highest BCUT2D eigenvalue weighted by atomic mass is 14.9. The largest absolute Gasteiger partial charge is 0.324 e. The number of hydrogen-bond acceptors (Lipinski definition) is 0. The molecule has 0 aromatic carbocycles. The molecule has 4 aromatic rings. The molecular formula is C29H46N2. The van der Waals surface area contributed by atoms with Gasteiger partial charge in [-0.25, -0.2) is 0 Å². The summed E-state index contributed by atoms with van der Waals surface area (Å²) < 4.78 is 4.30. The molecule has 4 heterocycles. The standard InChI is InChI=1S/2C12H15N.2C2H6.CH4/c1-12(2,3)10-6-7-11-5-4-8-13(11)9-10;1-12(2,3)10-6-8-13-7-4-5-11(13)9-10;2*1-2;/h2*4-9H,1-3H3;2*1-2H3;1H4. The van der Waals surface area contributed by atoms with Crippen LogP contribution in [0.15, 0.2) is 73.3 Å². The molecule has 0 amide bonds. The number of pyridine rings is 2. The van der Waals surface area contributed by atoms with Gasteiger partial charge in [0.15, 0.2) is 0 Å². The maximum atomic E-state index is 2.25. The van der Waals surface area contributed by atoms with E-state index in [4.69, 9.17) is 0 Å². The van der Waals surface area contributed by atoms with Crippen molar-refractivity contribution in [3.63, 3.8) is 0 Å². The smallest absolute Gasteiger partial charge is 0.0452 e. The van der Waals surface area contributed by atoms with Crippen LogP contribution in [0.4, 0.5) is 0 Å². The van der Waals surface area contributed by atoms with Gasteiger partial charge in [-0.1, -0.05) is 82.7 Å². The first-order valence-electron chi connectivity index (χ1n) is 11.3. The number of nitrogens with zero attached hydrogens (tertiary/aromatic N) is 2. The molecule has 0 atom stereocenters. The molecule has 4 aromatic heterocycles. The van der Waals surface area contributed by atoms with Gasteiger partial charge in [0.2, 0.25) is 0 Å². The van der Waals surface area contributed by atoms with Gasteiger partial charge in [0.25, 0.3) is 0 Å². The fourth-order valence-corrected chi connectivity index (χ4v) is 2.98. The zero-order valence-corrected chi connectivity index (χ0v) is 20.8. The molecule has 4 rings (SSSR count). The van der Waals surface area contributed by atoms with E-state index < -0.39 is 0 Å². The van der Waals surface area contributed by atoms with Crippen molar-refractivity contribution in [2.75, 3.05) is 0 Å². The molecule has 0 saturated heterocycles. The maximum Gasteiger partial charge on any atom is 0.0452 e. The SMILES string of the molecule is C.CC.CC.CC(C)(C)c1ccc2cccn2c1.CC(C)(C)c1ccn2cccc2c1. The minimum atomic E-state index is 0. The Bertz CT molecular complexity index is 920.